The Kier molecular flexibility index (Phi) is 6.55. The smallest absolute Gasteiger partial charge is 0.433 e. The summed E-state index contributed by atoms with van der Waals surface area (Å²) in [5.41, 5.74) is 2.30. The summed E-state index contributed by atoms with van der Waals surface area (Å²) in [5.74, 6) is 0.139. The molecule has 2 N–H and O–H groups in total. The van der Waals surface area contributed by atoms with Crippen molar-refractivity contribution in [2.75, 3.05) is 5.43 Å². The van der Waals surface area contributed by atoms with Crippen molar-refractivity contribution in [2.45, 2.75) is 6.18 Å². The lowest BCUT2D eigenvalue weighted by Gasteiger charge is -2.09. The van der Waals surface area contributed by atoms with Gasteiger partial charge in [-0.3, -0.25) is 9.78 Å². The zero-order chi connectivity index (χ0) is 24.8. The molecule has 0 unspecified atom stereocenters. The number of nitrogens with one attached hydrogen (secondary N) is 2. The van der Waals surface area contributed by atoms with Crippen molar-refractivity contribution < 1.29 is 17.9 Å². The standard InChI is InChI=1S/C24H15F3N6O2/c25-24(26,27)19-7-4-8-20(30-19)35-17-11-9-15(10-12-17)14-29-33-23-31-21(16-5-2-1-3-6-16)18(13-28)22(34)32-23/h1-12,14H,(H2,31,32,33,34). The average molecular weight is 476 g/mol. The fraction of sp³-hybridized carbons (Fsp3) is 0.0417. The van der Waals surface area contributed by atoms with Gasteiger partial charge in [0, 0.05) is 11.6 Å². The number of hydrazone groups is 1. The van der Waals surface area contributed by atoms with Gasteiger partial charge in [0.1, 0.15) is 23.1 Å². The van der Waals surface area contributed by atoms with Crippen LogP contribution in [-0.2, 0) is 6.18 Å². The molecule has 4 rings (SSSR count). The van der Waals surface area contributed by atoms with E-state index in [4.69, 9.17) is 4.74 Å². The second-order valence-corrected chi connectivity index (χ2v) is 7.02. The fourth-order valence-electron chi connectivity index (χ4n) is 2.97. The van der Waals surface area contributed by atoms with Crippen LogP contribution in [-0.4, -0.2) is 21.2 Å². The van der Waals surface area contributed by atoms with E-state index < -0.39 is 17.4 Å². The first kappa shape index (κ1) is 23.2. The number of H-pyrrole nitrogens is 1. The summed E-state index contributed by atoms with van der Waals surface area (Å²) in [5, 5.41) is 13.3. The number of rotatable bonds is 6. The van der Waals surface area contributed by atoms with Crippen molar-refractivity contribution in [3.63, 3.8) is 0 Å². The third-order valence-electron chi connectivity index (χ3n) is 4.58. The minimum atomic E-state index is -4.57. The summed E-state index contributed by atoms with van der Waals surface area (Å²) in [6, 6.07) is 20.4. The highest BCUT2D eigenvalue weighted by molar-refractivity contribution is 5.80. The van der Waals surface area contributed by atoms with E-state index in [1.54, 1.807) is 54.6 Å². The molecule has 0 amide bonds. The number of nitriles is 1. The van der Waals surface area contributed by atoms with E-state index >= 15 is 0 Å². The zero-order valence-corrected chi connectivity index (χ0v) is 17.7. The van der Waals surface area contributed by atoms with Crippen LogP contribution in [0.15, 0.2) is 82.7 Å². The van der Waals surface area contributed by atoms with Gasteiger partial charge in [-0.05, 0) is 35.9 Å². The highest BCUT2D eigenvalue weighted by Crippen LogP contribution is 2.29. The Balaban J connectivity index is 1.46. The minimum Gasteiger partial charge on any atom is -0.439 e. The number of aromatic amines is 1. The first-order valence-electron chi connectivity index (χ1n) is 10.0. The molecule has 4 aromatic rings. The van der Waals surface area contributed by atoms with Crippen LogP contribution in [0.4, 0.5) is 19.1 Å². The number of ether oxygens (including phenoxy) is 1. The molecule has 0 fully saturated rings. The molecule has 35 heavy (non-hydrogen) atoms. The minimum absolute atomic E-state index is 0.0414. The van der Waals surface area contributed by atoms with Crippen LogP contribution in [0.1, 0.15) is 16.8 Å². The van der Waals surface area contributed by atoms with Crippen LogP contribution in [0.25, 0.3) is 11.3 Å². The number of alkyl halides is 3. The Morgan fingerprint density at radius 1 is 1.00 bits per heavy atom. The molecule has 11 heteroatoms. The van der Waals surface area contributed by atoms with Gasteiger partial charge in [-0.2, -0.15) is 23.5 Å². The van der Waals surface area contributed by atoms with E-state index in [1.165, 1.54) is 18.3 Å². The molecule has 2 aromatic heterocycles. The van der Waals surface area contributed by atoms with Crippen molar-refractivity contribution in [2.24, 2.45) is 5.10 Å². The van der Waals surface area contributed by atoms with Gasteiger partial charge < -0.3 is 4.74 Å². The monoisotopic (exact) mass is 476 g/mol. The maximum atomic E-state index is 12.8. The molecular weight excluding hydrogens is 461 g/mol. The lowest BCUT2D eigenvalue weighted by Crippen LogP contribution is -2.16. The van der Waals surface area contributed by atoms with Gasteiger partial charge >= 0.3 is 6.18 Å². The number of hydrogen-bond donors (Lipinski definition) is 2. The Morgan fingerprint density at radius 3 is 2.43 bits per heavy atom. The summed E-state index contributed by atoms with van der Waals surface area (Å²) in [4.78, 5) is 22.5. The van der Waals surface area contributed by atoms with Crippen molar-refractivity contribution in [1.82, 2.24) is 15.0 Å². The lowest BCUT2D eigenvalue weighted by atomic mass is 10.1. The Bertz CT molecular complexity index is 1460. The van der Waals surface area contributed by atoms with E-state index in [1.807, 2.05) is 6.07 Å². The molecule has 0 atom stereocenters. The highest BCUT2D eigenvalue weighted by Gasteiger charge is 2.32. The zero-order valence-electron chi connectivity index (χ0n) is 17.7. The van der Waals surface area contributed by atoms with Crippen LogP contribution in [0, 0.1) is 11.3 Å². The molecule has 0 saturated carbocycles. The molecular formula is C24H15F3N6O2. The molecule has 0 aliphatic carbocycles. The Hall–Kier alpha value is -4.98. The normalized spacial score (nSPS) is 11.3. The predicted octanol–water partition coefficient (Wildman–Crippen LogP) is 4.96. The average Bonchev–Trinajstić information content (AvgIpc) is 2.85. The SMILES string of the molecule is N#Cc1c(-c2ccccc2)nc(NN=Cc2ccc(Oc3cccc(C(F)(F)F)n3)cc2)[nH]c1=O. The molecule has 0 aliphatic rings. The van der Waals surface area contributed by atoms with E-state index in [0.717, 1.165) is 6.07 Å². The number of benzene rings is 2. The quantitative estimate of drug-likeness (QED) is 0.300. The molecule has 0 radical (unpaired) electrons. The topological polar surface area (TPSA) is 116 Å². The van der Waals surface area contributed by atoms with Crippen molar-refractivity contribution >= 4 is 12.2 Å². The molecule has 2 heterocycles. The van der Waals surface area contributed by atoms with Crippen LogP contribution in [0.2, 0.25) is 0 Å². The lowest BCUT2D eigenvalue weighted by molar-refractivity contribution is -0.141. The fourth-order valence-corrected chi connectivity index (χ4v) is 2.97. The van der Waals surface area contributed by atoms with Crippen LogP contribution >= 0.6 is 0 Å². The number of aromatic nitrogens is 3. The van der Waals surface area contributed by atoms with Crippen molar-refractivity contribution in [1.29, 1.82) is 5.26 Å². The molecule has 8 nitrogen and oxygen atoms in total. The number of hydrogen-bond acceptors (Lipinski definition) is 7. The van der Waals surface area contributed by atoms with Gasteiger partial charge in [-0.1, -0.05) is 36.4 Å². The van der Waals surface area contributed by atoms with Crippen molar-refractivity contribution in [3.05, 3.63) is 100.0 Å². The van der Waals surface area contributed by atoms with Gasteiger partial charge in [-0.25, -0.2) is 15.4 Å². The first-order valence-corrected chi connectivity index (χ1v) is 10.0. The highest BCUT2D eigenvalue weighted by atomic mass is 19.4. The third-order valence-corrected chi connectivity index (χ3v) is 4.58. The third kappa shape index (κ3) is 5.69. The summed E-state index contributed by atoms with van der Waals surface area (Å²) in [6.07, 6.45) is -3.13. The predicted molar refractivity (Wildman–Crippen MR) is 122 cm³/mol. The van der Waals surface area contributed by atoms with Gasteiger partial charge in [0.15, 0.2) is 0 Å². The van der Waals surface area contributed by atoms with E-state index in [9.17, 15) is 23.2 Å². The van der Waals surface area contributed by atoms with Gasteiger partial charge in [-0.15, -0.1) is 0 Å². The van der Waals surface area contributed by atoms with Gasteiger partial charge in [0.2, 0.25) is 11.8 Å². The van der Waals surface area contributed by atoms with Gasteiger partial charge in [0.25, 0.3) is 5.56 Å². The second kappa shape index (κ2) is 9.88. The Labute approximate surface area is 196 Å². The van der Waals surface area contributed by atoms with Crippen LogP contribution < -0.4 is 15.7 Å². The van der Waals surface area contributed by atoms with E-state index in [2.05, 4.69) is 25.5 Å². The molecule has 0 saturated heterocycles. The molecule has 0 spiro atoms. The number of halogens is 3. The Morgan fingerprint density at radius 2 is 1.74 bits per heavy atom. The molecule has 174 valence electrons. The molecule has 0 bridgehead atoms. The van der Waals surface area contributed by atoms with Crippen LogP contribution in [0.3, 0.4) is 0 Å². The number of anilines is 1. The summed E-state index contributed by atoms with van der Waals surface area (Å²) >= 11 is 0. The first-order chi connectivity index (χ1) is 16.8. The molecule has 0 aliphatic heterocycles. The maximum absolute atomic E-state index is 12.8. The summed E-state index contributed by atoms with van der Waals surface area (Å²) in [6.45, 7) is 0. The molecule has 2 aromatic carbocycles. The summed E-state index contributed by atoms with van der Waals surface area (Å²) in [7, 11) is 0. The van der Waals surface area contributed by atoms with E-state index in [0.29, 0.717) is 11.1 Å². The number of pyridine rings is 1. The van der Waals surface area contributed by atoms with Gasteiger partial charge in [0.05, 0.1) is 11.9 Å². The van der Waals surface area contributed by atoms with Crippen LogP contribution in [0.5, 0.6) is 11.6 Å². The number of nitrogens with zero attached hydrogens (tertiary/aromatic N) is 4. The maximum Gasteiger partial charge on any atom is 0.433 e. The van der Waals surface area contributed by atoms with E-state index in [-0.39, 0.29) is 28.8 Å². The largest absolute Gasteiger partial charge is 0.439 e. The van der Waals surface area contributed by atoms with Crippen molar-refractivity contribution in [3.8, 4) is 29.0 Å². The summed E-state index contributed by atoms with van der Waals surface area (Å²) < 4.78 is 43.8. The second-order valence-electron chi connectivity index (χ2n) is 7.02.